The SMILES string of the molecule is CC=COc1ccccc1C(=O)c1[nH]c(Cl)c(Cl)c1I. The van der Waals surface area contributed by atoms with E-state index in [1.165, 1.54) is 6.26 Å². The van der Waals surface area contributed by atoms with E-state index in [-0.39, 0.29) is 10.9 Å². The van der Waals surface area contributed by atoms with Crippen LogP contribution in [-0.4, -0.2) is 10.8 Å². The highest BCUT2D eigenvalue weighted by Crippen LogP contribution is 2.32. The van der Waals surface area contributed by atoms with Crippen LogP contribution in [0, 0.1) is 3.57 Å². The largest absolute Gasteiger partial charge is 0.465 e. The van der Waals surface area contributed by atoms with E-state index in [9.17, 15) is 4.79 Å². The maximum atomic E-state index is 12.6. The fourth-order valence-electron chi connectivity index (χ4n) is 1.62. The van der Waals surface area contributed by atoms with Crippen LogP contribution in [-0.2, 0) is 0 Å². The predicted octanol–water partition coefficient (Wildman–Crippen LogP) is 5.07. The lowest BCUT2D eigenvalue weighted by molar-refractivity contribution is 0.103. The summed E-state index contributed by atoms with van der Waals surface area (Å²) in [5, 5.41) is 0.605. The first kappa shape index (κ1) is 15.4. The van der Waals surface area contributed by atoms with Gasteiger partial charge >= 0.3 is 0 Å². The highest BCUT2D eigenvalue weighted by Gasteiger charge is 2.22. The number of rotatable bonds is 4. The van der Waals surface area contributed by atoms with Crippen LogP contribution in [0.1, 0.15) is 23.0 Å². The average molecular weight is 422 g/mol. The van der Waals surface area contributed by atoms with Crippen molar-refractivity contribution in [1.29, 1.82) is 0 Å². The Hall–Kier alpha value is -0.980. The number of hydrogen-bond donors (Lipinski definition) is 1. The quantitative estimate of drug-likeness (QED) is 0.425. The van der Waals surface area contributed by atoms with Crippen molar-refractivity contribution in [2.45, 2.75) is 6.92 Å². The van der Waals surface area contributed by atoms with Crippen molar-refractivity contribution >= 4 is 51.6 Å². The number of H-pyrrole nitrogens is 1. The van der Waals surface area contributed by atoms with E-state index in [0.29, 0.717) is 25.6 Å². The van der Waals surface area contributed by atoms with Gasteiger partial charge in [0.05, 0.1) is 20.4 Å². The van der Waals surface area contributed by atoms with Gasteiger partial charge in [-0.1, -0.05) is 41.4 Å². The lowest BCUT2D eigenvalue weighted by atomic mass is 10.1. The van der Waals surface area contributed by atoms with E-state index in [4.69, 9.17) is 27.9 Å². The topological polar surface area (TPSA) is 42.1 Å². The number of hydrogen-bond acceptors (Lipinski definition) is 2. The number of aromatic nitrogens is 1. The maximum Gasteiger partial charge on any atom is 0.214 e. The highest BCUT2D eigenvalue weighted by molar-refractivity contribution is 14.1. The molecule has 20 heavy (non-hydrogen) atoms. The number of para-hydroxylation sites is 1. The molecule has 104 valence electrons. The van der Waals surface area contributed by atoms with Gasteiger partial charge in [-0.05, 0) is 41.6 Å². The van der Waals surface area contributed by atoms with E-state index in [1.54, 1.807) is 30.3 Å². The molecule has 0 spiro atoms. The summed E-state index contributed by atoms with van der Waals surface area (Å²) in [5.41, 5.74) is 0.801. The second kappa shape index (κ2) is 6.65. The molecule has 0 unspecified atom stereocenters. The Morgan fingerprint density at radius 1 is 1.35 bits per heavy atom. The molecule has 2 aromatic rings. The van der Waals surface area contributed by atoms with Gasteiger partial charge in [-0.25, -0.2) is 0 Å². The van der Waals surface area contributed by atoms with E-state index in [1.807, 2.05) is 29.5 Å². The Morgan fingerprint density at radius 3 is 2.65 bits per heavy atom. The van der Waals surface area contributed by atoms with Crippen LogP contribution in [0.4, 0.5) is 0 Å². The van der Waals surface area contributed by atoms with E-state index >= 15 is 0 Å². The molecule has 0 radical (unpaired) electrons. The molecule has 6 heteroatoms. The number of carbonyl (C=O) groups excluding carboxylic acids is 1. The van der Waals surface area contributed by atoms with Gasteiger partial charge in [0.2, 0.25) is 5.78 Å². The lowest BCUT2D eigenvalue weighted by Gasteiger charge is -2.06. The van der Waals surface area contributed by atoms with Gasteiger partial charge in [-0.3, -0.25) is 4.79 Å². The zero-order valence-corrected chi connectivity index (χ0v) is 14.1. The fraction of sp³-hybridized carbons (Fsp3) is 0.0714. The highest BCUT2D eigenvalue weighted by atomic mass is 127. The molecule has 1 aromatic carbocycles. The number of ketones is 1. The summed E-state index contributed by atoms with van der Waals surface area (Å²) < 4.78 is 6.02. The van der Waals surface area contributed by atoms with Crippen LogP contribution in [0.5, 0.6) is 5.75 Å². The Bertz CT molecular complexity index is 680. The molecule has 2 rings (SSSR count). The smallest absolute Gasteiger partial charge is 0.214 e. The summed E-state index contributed by atoms with van der Waals surface area (Å²) in [6.45, 7) is 1.83. The van der Waals surface area contributed by atoms with E-state index < -0.39 is 0 Å². The Labute approximate surface area is 140 Å². The zero-order valence-electron chi connectivity index (χ0n) is 10.4. The monoisotopic (exact) mass is 421 g/mol. The van der Waals surface area contributed by atoms with Gasteiger partial charge in [-0.15, -0.1) is 0 Å². The summed E-state index contributed by atoms with van der Waals surface area (Å²) in [6, 6.07) is 7.00. The molecular formula is C14H10Cl2INO2. The van der Waals surface area contributed by atoms with Crippen LogP contribution in [0.15, 0.2) is 36.6 Å². The zero-order chi connectivity index (χ0) is 14.7. The number of benzene rings is 1. The van der Waals surface area contributed by atoms with Crippen molar-refractivity contribution in [2.75, 3.05) is 0 Å². The first-order valence-corrected chi connectivity index (χ1v) is 7.53. The van der Waals surface area contributed by atoms with E-state index in [0.717, 1.165) is 0 Å². The number of carbonyl (C=O) groups is 1. The van der Waals surface area contributed by atoms with Crippen molar-refractivity contribution in [3.05, 3.63) is 61.6 Å². The van der Waals surface area contributed by atoms with Crippen LogP contribution in [0.3, 0.4) is 0 Å². The summed E-state index contributed by atoms with van der Waals surface area (Å²) in [4.78, 5) is 15.4. The van der Waals surface area contributed by atoms with Gasteiger partial charge in [0, 0.05) is 0 Å². The van der Waals surface area contributed by atoms with Crippen molar-refractivity contribution in [2.24, 2.45) is 0 Å². The van der Waals surface area contributed by atoms with Crippen LogP contribution >= 0.6 is 45.8 Å². The molecule has 1 heterocycles. The predicted molar refractivity (Wildman–Crippen MR) is 88.8 cm³/mol. The van der Waals surface area contributed by atoms with Gasteiger partial charge in [-0.2, -0.15) is 0 Å². The molecular weight excluding hydrogens is 412 g/mol. The van der Waals surface area contributed by atoms with Crippen LogP contribution < -0.4 is 4.74 Å². The molecule has 3 nitrogen and oxygen atoms in total. The van der Waals surface area contributed by atoms with Gasteiger partial charge < -0.3 is 9.72 Å². The summed E-state index contributed by atoms with van der Waals surface area (Å²) >= 11 is 13.9. The van der Waals surface area contributed by atoms with E-state index in [2.05, 4.69) is 4.98 Å². The standard InChI is InChI=1S/C14H10Cl2INO2/c1-2-7-20-9-6-4-3-5-8(9)13(19)12-11(17)10(15)14(16)18-12/h2-7,18H,1H3. The van der Waals surface area contributed by atoms with Gasteiger partial charge in [0.25, 0.3) is 0 Å². The number of allylic oxidation sites excluding steroid dienone is 1. The maximum absolute atomic E-state index is 12.6. The molecule has 0 aliphatic rings. The first-order chi connectivity index (χ1) is 9.56. The van der Waals surface area contributed by atoms with Crippen molar-refractivity contribution in [1.82, 2.24) is 4.98 Å². The second-order valence-corrected chi connectivity index (χ2v) is 5.69. The Balaban J connectivity index is 2.45. The summed E-state index contributed by atoms with van der Waals surface area (Å²) in [7, 11) is 0. The molecule has 0 saturated carbocycles. The average Bonchev–Trinajstić information content (AvgIpc) is 2.72. The number of halogens is 3. The molecule has 0 saturated heterocycles. The minimum absolute atomic E-state index is 0.219. The Morgan fingerprint density at radius 2 is 2.05 bits per heavy atom. The number of nitrogens with one attached hydrogen (secondary N) is 1. The number of aromatic amines is 1. The van der Waals surface area contributed by atoms with Crippen LogP contribution in [0.25, 0.3) is 0 Å². The normalized spacial score (nSPS) is 11.0. The molecule has 0 amide bonds. The van der Waals surface area contributed by atoms with Crippen molar-refractivity contribution in [3.63, 3.8) is 0 Å². The molecule has 0 atom stereocenters. The summed E-state index contributed by atoms with van der Waals surface area (Å²) in [5.74, 6) is 0.261. The molecule has 1 aromatic heterocycles. The second-order valence-electron chi connectivity index (χ2n) is 3.85. The van der Waals surface area contributed by atoms with Gasteiger partial charge in [0.1, 0.15) is 16.6 Å². The van der Waals surface area contributed by atoms with Crippen molar-refractivity contribution < 1.29 is 9.53 Å². The molecule has 0 aliphatic carbocycles. The van der Waals surface area contributed by atoms with Crippen molar-refractivity contribution in [3.8, 4) is 5.75 Å². The minimum atomic E-state index is -0.219. The van der Waals surface area contributed by atoms with Gasteiger partial charge in [0.15, 0.2) is 0 Å². The molecule has 0 aliphatic heterocycles. The lowest BCUT2D eigenvalue weighted by Crippen LogP contribution is -2.05. The van der Waals surface area contributed by atoms with Crippen LogP contribution in [0.2, 0.25) is 10.2 Å². The Kier molecular flexibility index (Phi) is 5.12. The molecule has 1 N–H and O–H groups in total. The third kappa shape index (κ3) is 3.02. The first-order valence-electron chi connectivity index (χ1n) is 5.70. The minimum Gasteiger partial charge on any atom is -0.465 e. The molecule has 0 bridgehead atoms. The number of ether oxygens (including phenoxy) is 1. The summed E-state index contributed by atoms with van der Waals surface area (Å²) in [6.07, 6.45) is 3.26. The molecule has 0 fully saturated rings. The third-order valence-corrected chi connectivity index (χ3v) is 4.69. The third-order valence-electron chi connectivity index (χ3n) is 2.53. The fourth-order valence-corrected chi connectivity index (χ4v) is 2.75.